The minimum Gasteiger partial charge on any atom is -0.591 e. The van der Waals surface area contributed by atoms with Gasteiger partial charge < -0.3 is 9.29 Å². The van der Waals surface area contributed by atoms with E-state index in [4.69, 9.17) is 4.74 Å². The number of esters is 1. The summed E-state index contributed by atoms with van der Waals surface area (Å²) in [6.45, 7) is 5.24. The van der Waals surface area contributed by atoms with E-state index in [-0.39, 0.29) is 10.5 Å². The van der Waals surface area contributed by atoms with Gasteiger partial charge in [0, 0.05) is 15.4 Å². The first kappa shape index (κ1) is 23.3. The largest absolute Gasteiger partial charge is 0.591 e. The van der Waals surface area contributed by atoms with Crippen LogP contribution in [0.2, 0.25) is 0 Å². The Balaban J connectivity index is 2.51. The topological polar surface area (TPSA) is 61.7 Å². The van der Waals surface area contributed by atoms with Crippen LogP contribution in [0.4, 0.5) is 13.2 Å². The first-order chi connectivity index (χ1) is 13.4. The lowest BCUT2D eigenvalue weighted by atomic mass is 10.1. The van der Waals surface area contributed by atoms with Gasteiger partial charge in [-0.3, -0.25) is 0 Å². The zero-order valence-corrected chi connectivity index (χ0v) is 17.9. The van der Waals surface area contributed by atoms with Crippen LogP contribution >= 0.6 is 11.8 Å². The summed E-state index contributed by atoms with van der Waals surface area (Å²) in [6.07, 6.45) is -3.23. The van der Waals surface area contributed by atoms with Gasteiger partial charge in [-0.2, -0.15) is 13.2 Å². The highest BCUT2D eigenvalue weighted by Gasteiger charge is 2.31. The van der Waals surface area contributed by atoms with Gasteiger partial charge in [-0.25, -0.2) is 4.79 Å². The van der Waals surface area contributed by atoms with E-state index in [0.717, 1.165) is 23.9 Å². The molecule has 0 fully saturated rings. The van der Waals surface area contributed by atoms with E-state index in [0.29, 0.717) is 10.5 Å². The molecule has 0 saturated carbocycles. The first-order valence-corrected chi connectivity index (χ1v) is 10.4. The van der Waals surface area contributed by atoms with Gasteiger partial charge >= 0.3 is 12.1 Å². The summed E-state index contributed by atoms with van der Waals surface area (Å²) in [5, 5.41) is 0. The lowest BCUT2D eigenvalue weighted by Crippen LogP contribution is -2.25. The maximum atomic E-state index is 13.2. The van der Waals surface area contributed by atoms with Crippen molar-refractivity contribution in [3.8, 4) is 0 Å². The fraction of sp³-hybridized carbons (Fsp3) is 0.300. The van der Waals surface area contributed by atoms with Crippen molar-refractivity contribution in [2.45, 2.75) is 41.5 Å². The van der Waals surface area contributed by atoms with Crippen LogP contribution in [0.1, 0.15) is 42.3 Å². The Bertz CT molecular complexity index is 909. The summed E-state index contributed by atoms with van der Waals surface area (Å²) in [5.41, 5.74) is -0.233. The highest BCUT2D eigenvalue weighted by Crippen LogP contribution is 2.37. The van der Waals surface area contributed by atoms with Gasteiger partial charge in [-0.15, -0.1) is 0 Å². The lowest BCUT2D eigenvalue weighted by molar-refractivity contribution is -0.137. The third kappa shape index (κ3) is 6.25. The maximum Gasteiger partial charge on any atom is 0.416 e. The highest BCUT2D eigenvalue weighted by molar-refractivity contribution is 7.99. The molecule has 0 aromatic heterocycles. The summed E-state index contributed by atoms with van der Waals surface area (Å²) in [6, 6.07) is 9.66. The zero-order chi connectivity index (χ0) is 21.8. The molecule has 0 amide bonds. The molecule has 0 N–H and O–H groups in total. The molecule has 0 saturated heterocycles. The van der Waals surface area contributed by atoms with E-state index in [2.05, 4.69) is 4.40 Å². The zero-order valence-electron chi connectivity index (χ0n) is 16.2. The Kier molecular flexibility index (Phi) is 7.42. The van der Waals surface area contributed by atoms with Crippen molar-refractivity contribution in [3.05, 3.63) is 59.2 Å². The second-order valence-electron chi connectivity index (χ2n) is 6.94. The van der Waals surface area contributed by atoms with Crippen molar-refractivity contribution in [2.75, 3.05) is 7.11 Å². The number of hydrogen-bond donors (Lipinski definition) is 0. The summed E-state index contributed by atoms with van der Waals surface area (Å²) in [4.78, 5) is 12.6. The van der Waals surface area contributed by atoms with Crippen molar-refractivity contribution in [1.82, 2.24) is 0 Å². The van der Waals surface area contributed by atoms with Gasteiger partial charge in [0.05, 0.1) is 24.5 Å². The molecule has 0 aliphatic rings. The normalized spacial score (nSPS) is 13.5. The van der Waals surface area contributed by atoms with E-state index in [1.165, 1.54) is 25.5 Å². The van der Waals surface area contributed by atoms with Gasteiger partial charge in [-0.05, 0) is 45.0 Å². The molecule has 0 aliphatic heterocycles. The van der Waals surface area contributed by atoms with Gasteiger partial charge in [-0.1, -0.05) is 34.4 Å². The quantitative estimate of drug-likeness (QED) is 0.347. The molecule has 0 aliphatic carbocycles. The van der Waals surface area contributed by atoms with Crippen LogP contribution in [0, 0.1) is 0 Å². The summed E-state index contributed by atoms with van der Waals surface area (Å²) in [7, 11) is 1.23. The van der Waals surface area contributed by atoms with Crippen molar-refractivity contribution in [1.29, 1.82) is 0 Å². The van der Waals surface area contributed by atoms with Crippen molar-refractivity contribution >= 4 is 35.3 Å². The van der Waals surface area contributed by atoms with Crippen LogP contribution < -0.4 is 0 Å². The van der Waals surface area contributed by atoms with Crippen molar-refractivity contribution in [3.63, 3.8) is 0 Å². The fourth-order valence-corrected chi connectivity index (χ4v) is 3.72. The first-order valence-electron chi connectivity index (χ1n) is 8.46. The number of ether oxygens (including phenoxy) is 1. The third-order valence-corrected chi connectivity index (χ3v) is 6.16. The molecule has 0 spiro atoms. The van der Waals surface area contributed by atoms with Gasteiger partial charge in [0.15, 0.2) is 0 Å². The molecule has 0 bridgehead atoms. The second kappa shape index (κ2) is 9.23. The predicted octanol–water partition coefficient (Wildman–Crippen LogP) is 5.52. The highest BCUT2D eigenvalue weighted by atomic mass is 32.2. The molecule has 9 heteroatoms. The van der Waals surface area contributed by atoms with E-state index in [1.807, 2.05) is 0 Å². The Labute approximate surface area is 174 Å². The molecular weight excluding hydrogens is 423 g/mol. The minimum atomic E-state index is -4.53. The number of alkyl halides is 3. The molecule has 1 unspecified atom stereocenters. The van der Waals surface area contributed by atoms with Crippen LogP contribution in [-0.2, 0) is 22.3 Å². The number of nitrogens with zero attached hydrogens (tertiary/aromatic N) is 1. The third-order valence-electron chi connectivity index (χ3n) is 3.66. The maximum absolute atomic E-state index is 13.2. The molecule has 2 aromatic carbocycles. The van der Waals surface area contributed by atoms with Crippen LogP contribution in [-0.4, -0.2) is 28.6 Å². The Hall–Kier alpha value is -1.97. The second-order valence-corrected chi connectivity index (χ2v) is 9.95. The number of halogens is 3. The standard InChI is InChI=1S/C20H20F3NO3S2/c1-19(2,3)29(26)24-12-13-9-10-14(20(21,22)23)11-17(13)28-16-8-6-5-7-15(16)18(25)27-4/h5-12H,1-4H3/b24-12+. The molecule has 2 aromatic rings. The van der Waals surface area contributed by atoms with Gasteiger partial charge in [0.25, 0.3) is 0 Å². The predicted molar refractivity (Wildman–Crippen MR) is 109 cm³/mol. The number of carbonyl (C=O) groups excluding carboxylic acids is 1. The fourth-order valence-electron chi connectivity index (χ4n) is 2.12. The number of benzene rings is 2. The van der Waals surface area contributed by atoms with Crippen molar-refractivity contribution in [2.24, 2.45) is 4.40 Å². The van der Waals surface area contributed by atoms with Gasteiger partial charge in [0.1, 0.15) is 16.1 Å². The average Bonchev–Trinajstić information content (AvgIpc) is 2.65. The molecule has 1 atom stereocenters. The van der Waals surface area contributed by atoms with Crippen LogP contribution in [0.15, 0.2) is 56.7 Å². The molecule has 156 valence electrons. The summed E-state index contributed by atoms with van der Waals surface area (Å²) < 4.78 is 59.9. The molecular formula is C20H20F3NO3S2. The number of hydrogen-bond acceptors (Lipinski definition) is 5. The smallest absolute Gasteiger partial charge is 0.416 e. The van der Waals surface area contributed by atoms with E-state index in [9.17, 15) is 22.5 Å². The molecule has 4 nitrogen and oxygen atoms in total. The minimum absolute atomic E-state index is 0.228. The summed E-state index contributed by atoms with van der Waals surface area (Å²) in [5.74, 6) is -0.593. The summed E-state index contributed by atoms with van der Waals surface area (Å²) >= 11 is -0.581. The van der Waals surface area contributed by atoms with Crippen LogP contribution in [0.3, 0.4) is 0 Å². The number of methoxy groups -OCH3 is 1. The van der Waals surface area contributed by atoms with Crippen LogP contribution in [0.25, 0.3) is 0 Å². The van der Waals surface area contributed by atoms with Crippen LogP contribution in [0.5, 0.6) is 0 Å². The Morgan fingerprint density at radius 2 is 1.79 bits per heavy atom. The van der Waals surface area contributed by atoms with Gasteiger partial charge in [0.2, 0.25) is 0 Å². The van der Waals surface area contributed by atoms with E-state index < -0.39 is 33.8 Å². The average molecular weight is 444 g/mol. The van der Waals surface area contributed by atoms with E-state index in [1.54, 1.807) is 39.0 Å². The number of carbonyl (C=O) groups is 1. The molecule has 0 radical (unpaired) electrons. The SMILES string of the molecule is COC(=O)c1ccccc1Sc1cc(C(F)(F)F)ccc1/C=N/[S+]([O-])C(C)(C)C. The lowest BCUT2D eigenvalue weighted by Gasteiger charge is -2.18. The number of rotatable bonds is 5. The Morgan fingerprint density at radius 1 is 1.14 bits per heavy atom. The molecule has 0 heterocycles. The molecule has 29 heavy (non-hydrogen) atoms. The monoisotopic (exact) mass is 443 g/mol. The Morgan fingerprint density at radius 3 is 2.38 bits per heavy atom. The van der Waals surface area contributed by atoms with Crippen molar-refractivity contribution < 1.29 is 27.3 Å². The molecule has 2 rings (SSSR count). The van der Waals surface area contributed by atoms with E-state index >= 15 is 0 Å².